The van der Waals surface area contributed by atoms with E-state index in [0.717, 1.165) is 11.3 Å². The first-order valence-electron chi connectivity index (χ1n) is 7.99. The van der Waals surface area contributed by atoms with E-state index in [4.69, 9.17) is 0 Å². The molecule has 0 bridgehead atoms. The van der Waals surface area contributed by atoms with Crippen LogP contribution in [-0.2, 0) is 5.41 Å². The highest BCUT2D eigenvalue weighted by Gasteiger charge is 2.12. The largest absolute Gasteiger partial charge is 0.378 e. The number of hydrogen-bond acceptors (Lipinski definition) is 3. The Morgan fingerprint density at radius 2 is 1.58 bits per heavy atom. The van der Waals surface area contributed by atoms with Crippen molar-refractivity contribution in [3.8, 4) is 0 Å². The monoisotopic (exact) mass is 323 g/mol. The summed E-state index contributed by atoms with van der Waals surface area (Å²) in [6.45, 7) is 6.54. The summed E-state index contributed by atoms with van der Waals surface area (Å²) >= 11 is 0. The van der Waals surface area contributed by atoms with Gasteiger partial charge in [0.15, 0.2) is 0 Å². The third-order valence-electron chi connectivity index (χ3n) is 3.80. The molecule has 0 saturated carbocycles. The molecule has 24 heavy (non-hydrogen) atoms. The van der Waals surface area contributed by atoms with Crippen molar-refractivity contribution in [3.63, 3.8) is 0 Å². The van der Waals surface area contributed by atoms with Gasteiger partial charge in [0.1, 0.15) is 0 Å². The van der Waals surface area contributed by atoms with E-state index < -0.39 is 0 Å². The molecule has 0 aliphatic heterocycles. The van der Waals surface area contributed by atoms with Gasteiger partial charge >= 0.3 is 0 Å². The van der Waals surface area contributed by atoms with Crippen LogP contribution in [0.4, 0.5) is 5.69 Å². The molecule has 1 amide bonds. The van der Waals surface area contributed by atoms with Crippen LogP contribution in [-0.4, -0.2) is 26.2 Å². The fourth-order valence-corrected chi connectivity index (χ4v) is 2.21. The van der Waals surface area contributed by atoms with Crippen LogP contribution in [0.1, 0.15) is 42.3 Å². The normalized spacial score (nSPS) is 11.5. The molecule has 0 aliphatic carbocycles. The molecule has 2 rings (SSSR count). The molecule has 0 fully saturated rings. The minimum Gasteiger partial charge on any atom is -0.378 e. The number of carbonyl (C=O) groups is 1. The SMILES string of the molecule is CN(C)c1ccc(C(=O)NN=Cc2ccc(C(C)(C)C)cc2)cc1. The van der Waals surface area contributed by atoms with Crippen molar-refractivity contribution in [2.24, 2.45) is 5.10 Å². The van der Waals surface area contributed by atoms with Crippen molar-refractivity contribution < 1.29 is 4.79 Å². The van der Waals surface area contributed by atoms with Gasteiger partial charge in [-0.15, -0.1) is 0 Å². The van der Waals surface area contributed by atoms with Crippen LogP contribution < -0.4 is 10.3 Å². The van der Waals surface area contributed by atoms with Crippen LogP contribution in [0.15, 0.2) is 53.6 Å². The second-order valence-electron chi connectivity index (χ2n) is 7.01. The highest BCUT2D eigenvalue weighted by Crippen LogP contribution is 2.21. The predicted octanol–water partition coefficient (Wildman–Crippen LogP) is 3.81. The average molecular weight is 323 g/mol. The van der Waals surface area contributed by atoms with Gasteiger partial charge in [-0.2, -0.15) is 5.10 Å². The summed E-state index contributed by atoms with van der Waals surface area (Å²) in [5.74, 6) is -0.220. The second-order valence-corrected chi connectivity index (χ2v) is 7.01. The van der Waals surface area contributed by atoms with Crippen LogP contribution in [0.5, 0.6) is 0 Å². The van der Waals surface area contributed by atoms with Crippen molar-refractivity contribution in [2.75, 3.05) is 19.0 Å². The van der Waals surface area contributed by atoms with E-state index >= 15 is 0 Å². The molecule has 0 spiro atoms. The van der Waals surface area contributed by atoms with E-state index in [-0.39, 0.29) is 11.3 Å². The molecule has 4 nitrogen and oxygen atoms in total. The van der Waals surface area contributed by atoms with E-state index in [9.17, 15) is 4.79 Å². The zero-order valence-electron chi connectivity index (χ0n) is 15.0. The standard InChI is InChI=1S/C20H25N3O/c1-20(2,3)17-10-6-15(7-11-17)14-21-22-19(24)16-8-12-18(13-9-16)23(4)5/h6-14H,1-5H3,(H,22,24). The van der Waals surface area contributed by atoms with Crippen molar-refractivity contribution in [2.45, 2.75) is 26.2 Å². The van der Waals surface area contributed by atoms with Crippen molar-refractivity contribution in [1.29, 1.82) is 0 Å². The lowest BCUT2D eigenvalue weighted by atomic mass is 9.87. The Labute approximate surface area is 144 Å². The number of nitrogens with one attached hydrogen (secondary N) is 1. The van der Waals surface area contributed by atoms with Gasteiger partial charge in [-0.3, -0.25) is 4.79 Å². The molecule has 0 unspecified atom stereocenters. The van der Waals surface area contributed by atoms with Crippen LogP contribution in [0.25, 0.3) is 0 Å². The van der Waals surface area contributed by atoms with Crippen molar-refractivity contribution >= 4 is 17.8 Å². The summed E-state index contributed by atoms with van der Waals surface area (Å²) in [5, 5.41) is 4.03. The number of hydrazone groups is 1. The lowest BCUT2D eigenvalue weighted by Gasteiger charge is -2.18. The first-order chi connectivity index (χ1) is 11.3. The summed E-state index contributed by atoms with van der Waals surface area (Å²) in [5.41, 5.74) is 6.54. The second kappa shape index (κ2) is 7.30. The van der Waals surface area contributed by atoms with Crippen LogP contribution >= 0.6 is 0 Å². The summed E-state index contributed by atoms with van der Waals surface area (Å²) in [6.07, 6.45) is 1.65. The Balaban J connectivity index is 1.97. The smallest absolute Gasteiger partial charge is 0.271 e. The number of benzene rings is 2. The Kier molecular flexibility index (Phi) is 5.39. The molecule has 1 N–H and O–H groups in total. The molecule has 0 radical (unpaired) electrons. The summed E-state index contributed by atoms with van der Waals surface area (Å²) < 4.78 is 0. The van der Waals surface area contributed by atoms with E-state index in [1.54, 1.807) is 18.3 Å². The Bertz CT molecular complexity index is 708. The van der Waals surface area contributed by atoms with Crippen LogP contribution in [0.2, 0.25) is 0 Å². The minimum atomic E-state index is -0.220. The van der Waals surface area contributed by atoms with Crippen LogP contribution in [0, 0.1) is 0 Å². The topological polar surface area (TPSA) is 44.7 Å². The fraction of sp³-hybridized carbons (Fsp3) is 0.300. The Morgan fingerprint density at radius 1 is 1.00 bits per heavy atom. The number of carbonyl (C=O) groups excluding carboxylic acids is 1. The summed E-state index contributed by atoms with van der Waals surface area (Å²) in [6, 6.07) is 15.6. The van der Waals surface area contributed by atoms with Gasteiger partial charge in [-0.25, -0.2) is 5.43 Å². The fourth-order valence-electron chi connectivity index (χ4n) is 2.21. The number of rotatable bonds is 4. The minimum absolute atomic E-state index is 0.128. The van der Waals surface area contributed by atoms with E-state index in [1.807, 2.05) is 43.3 Å². The van der Waals surface area contributed by atoms with Gasteiger partial charge in [0, 0.05) is 25.3 Å². The van der Waals surface area contributed by atoms with Crippen LogP contribution in [0.3, 0.4) is 0 Å². The Morgan fingerprint density at radius 3 is 2.08 bits per heavy atom. The Hall–Kier alpha value is -2.62. The third kappa shape index (κ3) is 4.69. The quantitative estimate of drug-likeness (QED) is 0.687. The predicted molar refractivity (Wildman–Crippen MR) is 101 cm³/mol. The van der Waals surface area contributed by atoms with Gasteiger partial charge in [0.05, 0.1) is 6.21 Å². The zero-order chi connectivity index (χ0) is 17.7. The maximum absolute atomic E-state index is 12.1. The van der Waals surface area contributed by atoms with Crippen molar-refractivity contribution in [1.82, 2.24) is 5.43 Å². The number of hydrogen-bond donors (Lipinski definition) is 1. The maximum atomic E-state index is 12.1. The third-order valence-corrected chi connectivity index (χ3v) is 3.80. The highest BCUT2D eigenvalue weighted by atomic mass is 16.2. The molecular formula is C20H25N3O. The molecule has 0 aliphatic rings. The molecule has 126 valence electrons. The van der Waals surface area contributed by atoms with Gasteiger partial charge in [0.25, 0.3) is 5.91 Å². The van der Waals surface area contributed by atoms with Gasteiger partial charge in [0.2, 0.25) is 0 Å². The van der Waals surface area contributed by atoms with Crippen molar-refractivity contribution in [3.05, 3.63) is 65.2 Å². The lowest BCUT2D eigenvalue weighted by molar-refractivity contribution is 0.0955. The number of anilines is 1. The maximum Gasteiger partial charge on any atom is 0.271 e. The van der Waals surface area contributed by atoms with E-state index in [0.29, 0.717) is 5.56 Å². The highest BCUT2D eigenvalue weighted by molar-refractivity contribution is 5.95. The first kappa shape index (κ1) is 17.7. The molecule has 2 aromatic carbocycles. The zero-order valence-corrected chi connectivity index (χ0v) is 15.0. The van der Waals surface area contributed by atoms with E-state index in [2.05, 4.69) is 43.4 Å². The van der Waals surface area contributed by atoms with E-state index in [1.165, 1.54) is 5.56 Å². The van der Waals surface area contributed by atoms with Gasteiger partial charge in [-0.05, 0) is 40.8 Å². The summed E-state index contributed by atoms with van der Waals surface area (Å²) in [4.78, 5) is 14.1. The molecule has 0 saturated heterocycles. The first-order valence-corrected chi connectivity index (χ1v) is 7.99. The molecular weight excluding hydrogens is 298 g/mol. The molecule has 0 heterocycles. The molecule has 2 aromatic rings. The lowest BCUT2D eigenvalue weighted by Crippen LogP contribution is -2.18. The number of nitrogens with zero attached hydrogens (tertiary/aromatic N) is 2. The number of amides is 1. The molecule has 0 aromatic heterocycles. The molecule has 4 heteroatoms. The average Bonchev–Trinajstić information content (AvgIpc) is 2.54. The summed E-state index contributed by atoms with van der Waals surface area (Å²) in [7, 11) is 3.93. The molecule has 0 atom stereocenters. The van der Waals surface area contributed by atoms with Gasteiger partial charge in [-0.1, -0.05) is 45.0 Å². The van der Waals surface area contributed by atoms with Gasteiger partial charge < -0.3 is 4.90 Å².